The second-order valence-corrected chi connectivity index (χ2v) is 9.35. The number of alkyl halides is 3. The van der Waals surface area contributed by atoms with Gasteiger partial charge in [0.2, 0.25) is 0 Å². The minimum absolute atomic E-state index is 0.00110. The molecule has 0 aliphatic heterocycles. The van der Waals surface area contributed by atoms with Gasteiger partial charge in [0.05, 0.1) is 5.69 Å². The van der Waals surface area contributed by atoms with Crippen LogP contribution in [-0.2, 0) is 0 Å². The van der Waals surface area contributed by atoms with Crippen molar-refractivity contribution in [1.82, 2.24) is 20.1 Å². The molecule has 4 aromatic rings. The standard InChI is InChI=1S/C28H25F3N4O3/c1-17(2)22-5-3-4-6-25(22)37-27(36)33-24-15-23(24)18-7-9-19(10-8-18)26-32-16-35(34-26)20-11-13-21(14-12-20)38-28(29,30)31/h3-14,16-17,23-24H,15H2,1-2H3,(H,33,36). The summed E-state index contributed by atoms with van der Waals surface area (Å²) in [5.41, 5.74) is 3.40. The van der Waals surface area contributed by atoms with Gasteiger partial charge in [0.15, 0.2) is 5.82 Å². The molecule has 1 fully saturated rings. The fraction of sp³-hybridized carbons (Fsp3) is 0.250. The average molecular weight is 523 g/mol. The topological polar surface area (TPSA) is 78.3 Å². The third-order valence-corrected chi connectivity index (χ3v) is 6.26. The molecule has 5 rings (SSSR count). The van der Waals surface area contributed by atoms with Crippen LogP contribution in [0.3, 0.4) is 0 Å². The van der Waals surface area contributed by atoms with Crippen molar-refractivity contribution >= 4 is 6.09 Å². The molecule has 1 N–H and O–H groups in total. The fourth-order valence-corrected chi connectivity index (χ4v) is 4.25. The number of aromatic nitrogens is 3. The van der Waals surface area contributed by atoms with E-state index in [1.54, 1.807) is 6.07 Å². The average Bonchev–Trinajstić information content (AvgIpc) is 3.45. The van der Waals surface area contributed by atoms with E-state index in [1.165, 1.54) is 35.3 Å². The highest BCUT2D eigenvalue weighted by Gasteiger charge is 2.40. The van der Waals surface area contributed by atoms with Crippen LogP contribution < -0.4 is 14.8 Å². The van der Waals surface area contributed by atoms with Gasteiger partial charge in [-0.15, -0.1) is 18.3 Å². The number of hydrogen-bond acceptors (Lipinski definition) is 5. The molecule has 7 nitrogen and oxygen atoms in total. The van der Waals surface area contributed by atoms with Gasteiger partial charge in [-0.05, 0) is 53.8 Å². The van der Waals surface area contributed by atoms with Gasteiger partial charge in [-0.2, -0.15) is 0 Å². The van der Waals surface area contributed by atoms with Crippen LogP contribution in [0.5, 0.6) is 11.5 Å². The maximum atomic E-state index is 12.4. The van der Waals surface area contributed by atoms with Crippen LogP contribution in [0.4, 0.5) is 18.0 Å². The summed E-state index contributed by atoms with van der Waals surface area (Å²) in [6.07, 6.45) is -2.89. The fourth-order valence-electron chi connectivity index (χ4n) is 4.25. The van der Waals surface area contributed by atoms with Gasteiger partial charge in [-0.3, -0.25) is 0 Å². The molecular formula is C28H25F3N4O3. The molecule has 1 aliphatic carbocycles. The Morgan fingerprint density at radius 2 is 1.74 bits per heavy atom. The number of amides is 1. The maximum absolute atomic E-state index is 12.4. The van der Waals surface area contributed by atoms with Crippen LogP contribution in [-0.4, -0.2) is 33.3 Å². The number of carbonyl (C=O) groups excluding carboxylic acids is 1. The first-order chi connectivity index (χ1) is 18.2. The van der Waals surface area contributed by atoms with Gasteiger partial charge in [0, 0.05) is 17.5 Å². The largest absolute Gasteiger partial charge is 0.573 e. The summed E-state index contributed by atoms with van der Waals surface area (Å²) in [5, 5.41) is 7.37. The lowest BCUT2D eigenvalue weighted by molar-refractivity contribution is -0.274. The molecule has 0 spiro atoms. The van der Waals surface area contributed by atoms with Gasteiger partial charge in [0.1, 0.15) is 17.8 Å². The van der Waals surface area contributed by atoms with Gasteiger partial charge >= 0.3 is 12.5 Å². The Balaban J connectivity index is 1.18. The molecule has 0 saturated heterocycles. The highest BCUT2D eigenvalue weighted by atomic mass is 19.4. The molecule has 38 heavy (non-hydrogen) atoms. The molecule has 10 heteroatoms. The van der Waals surface area contributed by atoms with Crippen molar-refractivity contribution in [3.05, 3.63) is 90.3 Å². The summed E-state index contributed by atoms with van der Waals surface area (Å²) >= 11 is 0. The number of ether oxygens (including phenoxy) is 2. The number of nitrogens with zero attached hydrogens (tertiary/aromatic N) is 3. The zero-order chi connectivity index (χ0) is 26.9. The zero-order valence-electron chi connectivity index (χ0n) is 20.6. The maximum Gasteiger partial charge on any atom is 0.573 e. The first kappa shape index (κ1) is 25.3. The van der Waals surface area contributed by atoms with Crippen molar-refractivity contribution in [2.45, 2.75) is 44.5 Å². The van der Waals surface area contributed by atoms with E-state index in [2.05, 4.69) is 34.0 Å². The predicted octanol–water partition coefficient (Wildman–Crippen LogP) is 6.60. The summed E-state index contributed by atoms with van der Waals surface area (Å²) in [7, 11) is 0. The molecule has 1 saturated carbocycles. The van der Waals surface area contributed by atoms with Crippen LogP contribution in [0.1, 0.15) is 43.2 Å². The lowest BCUT2D eigenvalue weighted by Crippen LogP contribution is -2.30. The van der Waals surface area contributed by atoms with E-state index in [9.17, 15) is 18.0 Å². The Kier molecular flexibility index (Phi) is 6.79. The van der Waals surface area contributed by atoms with Crippen molar-refractivity contribution in [2.24, 2.45) is 0 Å². The summed E-state index contributed by atoms with van der Waals surface area (Å²) in [4.78, 5) is 16.8. The van der Waals surface area contributed by atoms with E-state index in [1.807, 2.05) is 42.5 Å². The third kappa shape index (κ3) is 5.96. The Hall–Kier alpha value is -4.34. The van der Waals surface area contributed by atoms with E-state index in [4.69, 9.17) is 4.74 Å². The first-order valence-corrected chi connectivity index (χ1v) is 12.1. The molecule has 0 bridgehead atoms. The number of para-hydroxylation sites is 1. The molecular weight excluding hydrogens is 497 g/mol. The summed E-state index contributed by atoms with van der Waals surface area (Å²) in [6, 6.07) is 20.7. The highest BCUT2D eigenvalue weighted by molar-refractivity contribution is 5.72. The summed E-state index contributed by atoms with van der Waals surface area (Å²) in [6.45, 7) is 4.10. The molecule has 1 amide bonds. The van der Waals surface area contributed by atoms with E-state index < -0.39 is 12.5 Å². The van der Waals surface area contributed by atoms with Crippen LogP contribution in [0.25, 0.3) is 17.1 Å². The Morgan fingerprint density at radius 3 is 2.42 bits per heavy atom. The molecule has 0 radical (unpaired) electrons. The van der Waals surface area contributed by atoms with Gasteiger partial charge in [-0.25, -0.2) is 14.5 Å². The van der Waals surface area contributed by atoms with Crippen LogP contribution >= 0.6 is 0 Å². The van der Waals surface area contributed by atoms with Crippen LogP contribution in [0, 0.1) is 0 Å². The third-order valence-electron chi connectivity index (χ3n) is 6.26. The first-order valence-electron chi connectivity index (χ1n) is 12.1. The molecule has 1 aliphatic rings. The normalized spacial score (nSPS) is 16.8. The molecule has 1 heterocycles. The number of halogens is 3. The molecule has 2 unspecified atom stereocenters. The van der Waals surface area contributed by atoms with Crippen molar-refractivity contribution in [1.29, 1.82) is 0 Å². The van der Waals surface area contributed by atoms with E-state index in [-0.39, 0.29) is 23.6 Å². The second kappa shape index (κ2) is 10.2. The van der Waals surface area contributed by atoms with Crippen LogP contribution in [0.15, 0.2) is 79.1 Å². The van der Waals surface area contributed by atoms with Gasteiger partial charge in [0.25, 0.3) is 0 Å². The minimum Gasteiger partial charge on any atom is -0.410 e. The highest BCUT2D eigenvalue weighted by Crippen LogP contribution is 2.41. The number of hydrogen-bond donors (Lipinski definition) is 1. The molecule has 196 valence electrons. The van der Waals surface area contributed by atoms with Crippen molar-refractivity contribution in [2.75, 3.05) is 0 Å². The van der Waals surface area contributed by atoms with E-state index >= 15 is 0 Å². The SMILES string of the molecule is CC(C)c1ccccc1OC(=O)NC1CC1c1ccc(-c2ncn(-c3ccc(OC(F)(F)F)cc3)n2)cc1. The van der Waals surface area contributed by atoms with Crippen molar-refractivity contribution in [3.8, 4) is 28.6 Å². The van der Waals surface area contributed by atoms with E-state index in [0.717, 1.165) is 23.1 Å². The smallest absolute Gasteiger partial charge is 0.410 e. The monoisotopic (exact) mass is 522 g/mol. The summed E-state index contributed by atoms with van der Waals surface area (Å²) in [5.74, 6) is 1.17. The predicted molar refractivity (Wildman–Crippen MR) is 134 cm³/mol. The van der Waals surface area contributed by atoms with Gasteiger partial charge in [-0.1, -0.05) is 56.3 Å². The minimum atomic E-state index is -4.74. The number of rotatable bonds is 7. The Bertz CT molecular complexity index is 1420. The van der Waals surface area contributed by atoms with Crippen molar-refractivity contribution in [3.63, 3.8) is 0 Å². The van der Waals surface area contributed by atoms with Gasteiger partial charge < -0.3 is 14.8 Å². The molecule has 1 aromatic heterocycles. The lowest BCUT2D eigenvalue weighted by atomic mass is 10.0. The second-order valence-electron chi connectivity index (χ2n) is 9.35. The zero-order valence-corrected chi connectivity index (χ0v) is 20.6. The molecule has 3 aromatic carbocycles. The Morgan fingerprint density at radius 1 is 1.03 bits per heavy atom. The van der Waals surface area contributed by atoms with E-state index in [0.29, 0.717) is 17.3 Å². The lowest BCUT2D eigenvalue weighted by Gasteiger charge is -2.13. The van der Waals surface area contributed by atoms with Crippen LogP contribution in [0.2, 0.25) is 0 Å². The quantitative estimate of drug-likeness (QED) is 0.296. The Labute approximate surface area is 217 Å². The summed E-state index contributed by atoms with van der Waals surface area (Å²) < 4.78 is 48.0. The number of benzene rings is 3. The molecule has 2 atom stereocenters. The van der Waals surface area contributed by atoms with Crippen molar-refractivity contribution < 1.29 is 27.4 Å². The number of carbonyl (C=O) groups is 1. The number of nitrogens with one attached hydrogen (secondary N) is 1.